The van der Waals surface area contributed by atoms with Gasteiger partial charge < -0.3 is 4.74 Å². The molecule has 0 unspecified atom stereocenters. The minimum absolute atomic E-state index is 0.205. The number of ether oxygens (including phenoxy) is 1. The number of nitrogens with one attached hydrogen (secondary N) is 1. The first-order valence-corrected chi connectivity index (χ1v) is 5.06. The summed E-state index contributed by atoms with van der Waals surface area (Å²) in [6, 6.07) is 8.63. The van der Waals surface area contributed by atoms with Gasteiger partial charge >= 0.3 is 5.97 Å². The number of hydrogen-bond donors (Lipinski definition) is 1. The molecule has 1 aromatic carbocycles. The van der Waals surface area contributed by atoms with Crippen LogP contribution in [0.5, 0.6) is 5.88 Å². The van der Waals surface area contributed by atoms with E-state index in [-0.39, 0.29) is 12.4 Å². The standard InChI is InChI=1S/C11H9ClN2O2/c12-9-3-1-8(2-4-9)7-11(15)16-10-5-6-13-14-10/h1-6H,7H2,(H,13,14). The van der Waals surface area contributed by atoms with Crippen LogP contribution in [0, 0.1) is 0 Å². The number of rotatable bonds is 3. The molecule has 0 aliphatic heterocycles. The van der Waals surface area contributed by atoms with Crippen molar-refractivity contribution in [1.29, 1.82) is 0 Å². The van der Waals surface area contributed by atoms with Gasteiger partial charge in [-0.1, -0.05) is 23.7 Å². The molecule has 1 heterocycles. The Labute approximate surface area is 97.2 Å². The van der Waals surface area contributed by atoms with E-state index in [9.17, 15) is 4.79 Å². The number of carbonyl (C=O) groups is 1. The molecular formula is C11H9ClN2O2. The highest BCUT2D eigenvalue weighted by Crippen LogP contribution is 2.11. The van der Waals surface area contributed by atoms with E-state index in [1.54, 1.807) is 30.3 Å². The van der Waals surface area contributed by atoms with Crippen molar-refractivity contribution < 1.29 is 9.53 Å². The smallest absolute Gasteiger partial charge is 0.316 e. The molecule has 0 atom stereocenters. The quantitative estimate of drug-likeness (QED) is 0.832. The summed E-state index contributed by atoms with van der Waals surface area (Å²) in [6.45, 7) is 0. The van der Waals surface area contributed by atoms with E-state index in [2.05, 4.69) is 10.2 Å². The Morgan fingerprint density at radius 1 is 1.31 bits per heavy atom. The molecule has 0 aliphatic rings. The fraction of sp³-hybridized carbons (Fsp3) is 0.0909. The zero-order chi connectivity index (χ0) is 11.4. The van der Waals surface area contributed by atoms with E-state index in [1.807, 2.05) is 0 Å². The average molecular weight is 237 g/mol. The second-order valence-corrected chi connectivity index (χ2v) is 3.63. The summed E-state index contributed by atoms with van der Waals surface area (Å²) in [4.78, 5) is 11.5. The monoisotopic (exact) mass is 236 g/mol. The van der Waals surface area contributed by atoms with Gasteiger partial charge in [0.05, 0.1) is 12.6 Å². The highest BCUT2D eigenvalue weighted by atomic mass is 35.5. The third kappa shape index (κ3) is 2.84. The van der Waals surface area contributed by atoms with Gasteiger partial charge in [0, 0.05) is 11.1 Å². The fourth-order valence-corrected chi connectivity index (χ4v) is 1.35. The van der Waals surface area contributed by atoms with Gasteiger partial charge in [-0.25, -0.2) is 5.10 Å². The van der Waals surface area contributed by atoms with Crippen LogP contribution in [0.25, 0.3) is 0 Å². The predicted molar refractivity (Wildman–Crippen MR) is 59.4 cm³/mol. The summed E-state index contributed by atoms with van der Waals surface area (Å²) in [5, 5.41) is 6.87. The number of hydrogen-bond acceptors (Lipinski definition) is 3. The minimum Gasteiger partial charge on any atom is -0.408 e. The summed E-state index contributed by atoms with van der Waals surface area (Å²) in [6.07, 6.45) is 1.72. The van der Waals surface area contributed by atoms with E-state index < -0.39 is 0 Å². The van der Waals surface area contributed by atoms with E-state index >= 15 is 0 Å². The zero-order valence-corrected chi connectivity index (χ0v) is 9.07. The first-order chi connectivity index (χ1) is 7.74. The number of esters is 1. The number of H-pyrrole nitrogens is 1. The van der Waals surface area contributed by atoms with E-state index in [0.717, 1.165) is 5.56 Å². The largest absolute Gasteiger partial charge is 0.408 e. The zero-order valence-electron chi connectivity index (χ0n) is 8.31. The summed E-state index contributed by atoms with van der Waals surface area (Å²) < 4.78 is 5.00. The van der Waals surface area contributed by atoms with E-state index in [4.69, 9.17) is 16.3 Å². The maximum absolute atomic E-state index is 11.5. The van der Waals surface area contributed by atoms with Gasteiger partial charge in [-0.2, -0.15) is 5.10 Å². The van der Waals surface area contributed by atoms with Crippen molar-refractivity contribution in [1.82, 2.24) is 10.2 Å². The van der Waals surface area contributed by atoms with Crippen LogP contribution in [0.2, 0.25) is 5.02 Å². The number of nitrogens with zero attached hydrogens (tertiary/aromatic N) is 1. The minimum atomic E-state index is -0.341. The molecule has 5 heteroatoms. The SMILES string of the molecule is O=C(Cc1ccc(Cl)cc1)Oc1ccn[nH]1. The molecule has 82 valence electrons. The molecule has 16 heavy (non-hydrogen) atoms. The second kappa shape index (κ2) is 4.81. The molecule has 4 nitrogen and oxygen atoms in total. The Morgan fingerprint density at radius 3 is 2.69 bits per heavy atom. The molecule has 0 amide bonds. The van der Waals surface area contributed by atoms with Gasteiger partial charge in [-0.3, -0.25) is 4.79 Å². The highest BCUT2D eigenvalue weighted by Gasteiger charge is 2.06. The van der Waals surface area contributed by atoms with Crippen LogP contribution in [-0.4, -0.2) is 16.2 Å². The summed E-state index contributed by atoms with van der Waals surface area (Å²) >= 11 is 5.73. The molecule has 0 radical (unpaired) electrons. The highest BCUT2D eigenvalue weighted by molar-refractivity contribution is 6.30. The fourth-order valence-electron chi connectivity index (χ4n) is 1.23. The van der Waals surface area contributed by atoms with Gasteiger partial charge in [0.15, 0.2) is 0 Å². The summed E-state index contributed by atoms with van der Waals surface area (Å²) in [5.41, 5.74) is 0.855. The van der Waals surface area contributed by atoms with Crippen molar-refractivity contribution in [2.45, 2.75) is 6.42 Å². The van der Waals surface area contributed by atoms with Crippen molar-refractivity contribution in [2.24, 2.45) is 0 Å². The Balaban J connectivity index is 1.95. The molecular weight excluding hydrogens is 228 g/mol. The van der Waals surface area contributed by atoms with Crippen LogP contribution < -0.4 is 4.74 Å². The number of benzene rings is 1. The lowest BCUT2D eigenvalue weighted by molar-refractivity contribution is -0.133. The Bertz CT molecular complexity index is 465. The number of carbonyl (C=O) groups excluding carboxylic acids is 1. The van der Waals surface area contributed by atoms with Crippen molar-refractivity contribution in [3.8, 4) is 5.88 Å². The van der Waals surface area contributed by atoms with Crippen molar-refractivity contribution in [3.05, 3.63) is 47.1 Å². The lowest BCUT2D eigenvalue weighted by atomic mass is 10.2. The van der Waals surface area contributed by atoms with Crippen LogP contribution >= 0.6 is 11.6 Å². The lowest BCUT2D eigenvalue weighted by Gasteiger charge is -2.01. The van der Waals surface area contributed by atoms with Crippen molar-refractivity contribution in [2.75, 3.05) is 0 Å². The Morgan fingerprint density at radius 2 is 2.06 bits per heavy atom. The van der Waals surface area contributed by atoms with Gasteiger partial charge in [0.25, 0.3) is 0 Å². The summed E-state index contributed by atoms with van der Waals surface area (Å²) in [7, 11) is 0. The van der Waals surface area contributed by atoms with Crippen LogP contribution in [0.1, 0.15) is 5.56 Å². The number of aromatic amines is 1. The molecule has 2 aromatic rings. The predicted octanol–water partition coefficient (Wildman–Crippen LogP) is 2.21. The molecule has 1 N–H and O–H groups in total. The van der Waals surface area contributed by atoms with Gasteiger partial charge in [0.1, 0.15) is 0 Å². The second-order valence-electron chi connectivity index (χ2n) is 3.20. The molecule has 2 rings (SSSR count). The Kier molecular flexibility index (Phi) is 3.22. The maximum Gasteiger partial charge on any atom is 0.316 e. The molecule has 0 spiro atoms. The van der Waals surface area contributed by atoms with Gasteiger partial charge in [0.2, 0.25) is 5.88 Å². The molecule has 0 aliphatic carbocycles. The molecule has 0 saturated heterocycles. The average Bonchev–Trinajstić information content (AvgIpc) is 2.74. The third-order valence-corrected chi connectivity index (χ3v) is 2.21. The molecule has 0 fully saturated rings. The first-order valence-electron chi connectivity index (χ1n) is 4.68. The normalized spacial score (nSPS) is 10.1. The summed E-state index contributed by atoms with van der Waals surface area (Å²) in [5.74, 6) is 0.00513. The van der Waals surface area contributed by atoms with Crippen LogP contribution in [0.3, 0.4) is 0 Å². The van der Waals surface area contributed by atoms with Gasteiger partial charge in [-0.15, -0.1) is 0 Å². The van der Waals surface area contributed by atoms with E-state index in [0.29, 0.717) is 10.9 Å². The number of halogens is 1. The lowest BCUT2D eigenvalue weighted by Crippen LogP contribution is -2.11. The van der Waals surface area contributed by atoms with Crippen LogP contribution in [0.15, 0.2) is 36.5 Å². The first kappa shape index (κ1) is 10.7. The van der Waals surface area contributed by atoms with Crippen molar-refractivity contribution >= 4 is 17.6 Å². The maximum atomic E-state index is 11.5. The number of aromatic nitrogens is 2. The van der Waals surface area contributed by atoms with E-state index in [1.165, 1.54) is 6.20 Å². The molecule has 0 saturated carbocycles. The van der Waals surface area contributed by atoms with Crippen LogP contribution in [-0.2, 0) is 11.2 Å². The Hall–Kier alpha value is -1.81. The topological polar surface area (TPSA) is 55.0 Å². The van der Waals surface area contributed by atoms with Crippen LogP contribution in [0.4, 0.5) is 0 Å². The van der Waals surface area contributed by atoms with Gasteiger partial charge in [-0.05, 0) is 17.7 Å². The molecule has 0 bridgehead atoms. The third-order valence-electron chi connectivity index (χ3n) is 1.96. The molecule has 1 aromatic heterocycles. The van der Waals surface area contributed by atoms with Crippen molar-refractivity contribution in [3.63, 3.8) is 0 Å².